The van der Waals surface area contributed by atoms with Crippen LogP contribution in [0, 0.1) is 20.8 Å². The zero-order chi connectivity index (χ0) is 18.8. The number of para-hydroxylation sites is 1. The largest absolute Gasteiger partial charge is 0.324 e. The van der Waals surface area contributed by atoms with Crippen LogP contribution in [0.4, 0.5) is 11.4 Å². The lowest BCUT2D eigenvalue weighted by molar-refractivity contribution is -0.114. The second kappa shape index (κ2) is 7.45. The summed E-state index contributed by atoms with van der Waals surface area (Å²) in [5.74, 6) is -0.415. The van der Waals surface area contributed by atoms with E-state index in [0.29, 0.717) is 22.0 Å². The molecule has 5 nitrogen and oxygen atoms in total. The second-order valence-corrected chi connectivity index (χ2v) is 8.28. The first-order valence-electron chi connectivity index (χ1n) is 7.70. The van der Waals surface area contributed by atoms with Crippen LogP contribution in [0.2, 0.25) is 5.02 Å². The third kappa shape index (κ3) is 4.52. The number of amides is 1. The van der Waals surface area contributed by atoms with E-state index in [9.17, 15) is 13.2 Å². The normalized spacial score (nSPS) is 11.2. The molecule has 0 saturated carbocycles. The summed E-state index contributed by atoms with van der Waals surface area (Å²) in [7, 11) is -3.65. The molecule has 2 aromatic rings. The van der Waals surface area contributed by atoms with Gasteiger partial charge < -0.3 is 5.32 Å². The van der Waals surface area contributed by atoms with Crippen LogP contribution in [-0.4, -0.2) is 27.1 Å². The molecule has 0 aliphatic carbocycles. The number of rotatable bonds is 5. The molecule has 0 aliphatic rings. The lowest BCUT2D eigenvalue weighted by atomic mass is 10.1. The van der Waals surface area contributed by atoms with Crippen LogP contribution < -0.4 is 9.62 Å². The highest BCUT2D eigenvalue weighted by atomic mass is 35.5. The number of hydrogen-bond acceptors (Lipinski definition) is 3. The topological polar surface area (TPSA) is 66.5 Å². The Morgan fingerprint density at radius 3 is 2.20 bits per heavy atom. The zero-order valence-electron chi connectivity index (χ0n) is 14.6. The van der Waals surface area contributed by atoms with Crippen molar-refractivity contribution >= 4 is 38.9 Å². The highest BCUT2D eigenvalue weighted by molar-refractivity contribution is 7.92. The Kier molecular flexibility index (Phi) is 5.75. The Bertz CT molecular complexity index is 890. The van der Waals surface area contributed by atoms with Gasteiger partial charge >= 0.3 is 0 Å². The van der Waals surface area contributed by atoms with E-state index < -0.39 is 15.9 Å². The Hall–Kier alpha value is -2.05. The van der Waals surface area contributed by atoms with Gasteiger partial charge in [0.05, 0.1) is 11.9 Å². The van der Waals surface area contributed by atoms with Gasteiger partial charge in [-0.1, -0.05) is 35.9 Å². The van der Waals surface area contributed by atoms with Crippen molar-refractivity contribution in [2.75, 3.05) is 22.4 Å². The maximum Gasteiger partial charge on any atom is 0.245 e. The number of sulfonamides is 1. The van der Waals surface area contributed by atoms with E-state index in [2.05, 4.69) is 5.32 Å². The van der Waals surface area contributed by atoms with Crippen LogP contribution in [0.25, 0.3) is 0 Å². The third-order valence-electron chi connectivity index (χ3n) is 3.94. The average molecular weight is 381 g/mol. The maximum atomic E-state index is 12.5. The predicted octanol–water partition coefficient (Wildman–Crippen LogP) is 3.67. The minimum Gasteiger partial charge on any atom is -0.324 e. The summed E-state index contributed by atoms with van der Waals surface area (Å²) in [6.45, 7) is 5.17. The fraction of sp³-hybridized carbons (Fsp3) is 0.278. The van der Waals surface area contributed by atoms with Gasteiger partial charge in [-0.15, -0.1) is 0 Å². The number of aryl methyl sites for hydroxylation is 2. The van der Waals surface area contributed by atoms with Crippen molar-refractivity contribution in [2.45, 2.75) is 20.8 Å². The Labute approximate surface area is 153 Å². The highest BCUT2D eigenvalue weighted by Gasteiger charge is 2.23. The summed E-state index contributed by atoms with van der Waals surface area (Å²) in [5.41, 5.74) is 3.53. The molecule has 1 N–H and O–H groups in total. The first-order valence-corrected chi connectivity index (χ1v) is 9.92. The molecule has 25 heavy (non-hydrogen) atoms. The van der Waals surface area contributed by atoms with Crippen LogP contribution >= 0.6 is 11.6 Å². The van der Waals surface area contributed by atoms with Crippen molar-refractivity contribution in [3.8, 4) is 0 Å². The number of hydrogen-bond donors (Lipinski definition) is 1. The fourth-order valence-electron chi connectivity index (χ4n) is 2.57. The van der Waals surface area contributed by atoms with Crippen LogP contribution in [-0.2, 0) is 14.8 Å². The van der Waals surface area contributed by atoms with Crippen LogP contribution in [0.1, 0.15) is 16.7 Å². The summed E-state index contributed by atoms with van der Waals surface area (Å²) < 4.78 is 25.5. The van der Waals surface area contributed by atoms with Gasteiger partial charge in [0, 0.05) is 10.7 Å². The molecule has 7 heteroatoms. The van der Waals surface area contributed by atoms with Gasteiger partial charge in [-0.25, -0.2) is 8.42 Å². The molecule has 0 bridgehead atoms. The minimum absolute atomic E-state index is 0.326. The maximum absolute atomic E-state index is 12.5. The Morgan fingerprint density at radius 2 is 1.64 bits per heavy atom. The average Bonchev–Trinajstić information content (AvgIpc) is 2.51. The molecule has 1 amide bonds. The van der Waals surface area contributed by atoms with Gasteiger partial charge in [-0.3, -0.25) is 9.10 Å². The molecule has 0 unspecified atom stereocenters. The van der Waals surface area contributed by atoms with Crippen molar-refractivity contribution in [2.24, 2.45) is 0 Å². The first kappa shape index (κ1) is 19.3. The van der Waals surface area contributed by atoms with Gasteiger partial charge in [0.1, 0.15) is 6.54 Å². The van der Waals surface area contributed by atoms with Crippen molar-refractivity contribution in [3.05, 3.63) is 58.1 Å². The Morgan fingerprint density at radius 1 is 1.08 bits per heavy atom. The summed E-state index contributed by atoms with van der Waals surface area (Å²) in [6, 6.07) is 10.6. The van der Waals surface area contributed by atoms with Gasteiger partial charge in [0.25, 0.3) is 0 Å². The molecule has 0 heterocycles. The second-order valence-electron chi connectivity index (χ2n) is 5.97. The van der Waals surface area contributed by atoms with E-state index in [1.54, 1.807) is 25.1 Å². The molecule has 0 aromatic heterocycles. The van der Waals surface area contributed by atoms with E-state index in [-0.39, 0.29) is 6.54 Å². The number of nitrogens with one attached hydrogen (secondary N) is 1. The van der Waals surface area contributed by atoms with E-state index >= 15 is 0 Å². The predicted molar refractivity (Wildman–Crippen MR) is 103 cm³/mol. The number of carbonyl (C=O) groups is 1. The molecule has 0 radical (unpaired) electrons. The minimum atomic E-state index is -3.65. The fourth-order valence-corrected chi connectivity index (χ4v) is 3.64. The summed E-state index contributed by atoms with van der Waals surface area (Å²) in [6.07, 6.45) is 1.07. The molecule has 134 valence electrons. The van der Waals surface area contributed by atoms with Crippen LogP contribution in [0.3, 0.4) is 0 Å². The van der Waals surface area contributed by atoms with Gasteiger partial charge in [-0.05, 0) is 49.6 Å². The van der Waals surface area contributed by atoms with Gasteiger partial charge in [0.2, 0.25) is 15.9 Å². The van der Waals surface area contributed by atoms with Crippen LogP contribution in [0.15, 0.2) is 36.4 Å². The standard InChI is InChI=1S/C18H21ClN2O3S/c1-12-7-5-8-13(2)18(12)20-17(22)11-21(25(4,23)24)16-10-6-9-15(19)14(16)3/h5-10H,11H2,1-4H3,(H,20,22). The number of carbonyl (C=O) groups excluding carboxylic acids is 1. The van der Waals surface area contributed by atoms with Crippen molar-refractivity contribution in [1.29, 1.82) is 0 Å². The van der Waals surface area contributed by atoms with Crippen molar-refractivity contribution in [1.82, 2.24) is 0 Å². The van der Waals surface area contributed by atoms with E-state index in [1.807, 2.05) is 32.0 Å². The molecule has 0 atom stereocenters. The molecule has 2 rings (SSSR count). The monoisotopic (exact) mass is 380 g/mol. The third-order valence-corrected chi connectivity index (χ3v) is 5.48. The number of anilines is 2. The first-order chi connectivity index (χ1) is 11.6. The zero-order valence-corrected chi connectivity index (χ0v) is 16.2. The van der Waals surface area contributed by atoms with E-state index in [4.69, 9.17) is 11.6 Å². The van der Waals surface area contributed by atoms with Crippen molar-refractivity contribution in [3.63, 3.8) is 0 Å². The SMILES string of the molecule is Cc1cccc(C)c1NC(=O)CN(c1cccc(Cl)c1C)S(C)(=O)=O. The molecule has 0 saturated heterocycles. The summed E-state index contributed by atoms with van der Waals surface area (Å²) in [5, 5.41) is 3.25. The summed E-state index contributed by atoms with van der Waals surface area (Å²) >= 11 is 6.09. The summed E-state index contributed by atoms with van der Waals surface area (Å²) in [4.78, 5) is 12.5. The smallest absolute Gasteiger partial charge is 0.245 e. The van der Waals surface area contributed by atoms with Gasteiger partial charge in [0.15, 0.2) is 0 Å². The molecule has 0 spiro atoms. The highest BCUT2D eigenvalue weighted by Crippen LogP contribution is 2.28. The number of nitrogens with zero attached hydrogens (tertiary/aromatic N) is 1. The van der Waals surface area contributed by atoms with E-state index in [0.717, 1.165) is 21.7 Å². The molecule has 2 aromatic carbocycles. The number of halogens is 1. The van der Waals surface area contributed by atoms with E-state index in [1.165, 1.54) is 0 Å². The molecule has 0 fully saturated rings. The molecular weight excluding hydrogens is 360 g/mol. The quantitative estimate of drug-likeness (QED) is 0.860. The lowest BCUT2D eigenvalue weighted by Crippen LogP contribution is -2.38. The lowest BCUT2D eigenvalue weighted by Gasteiger charge is -2.24. The number of benzene rings is 2. The Balaban J connectivity index is 2.32. The molecular formula is C18H21ClN2O3S. The van der Waals surface area contributed by atoms with Gasteiger partial charge in [-0.2, -0.15) is 0 Å². The van der Waals surface area contributed by atoms with Crippen molar-refractivity contribution < 1.29 is 13.2 Å². The van der Waals surface area contributed by atoms with Crippen LogP contribution in [0.5, 0.6) is 0 Å². The molecule has 0 aliphatic heterocycles.